The maximum absolute atomic E-state index is 5.28. The summed E-state index contributed by atoms with van der Waals surface area (Å²) in [5, 5.41) is 4.19. The lowest BCUT2D eigenvalue weighted by Crippen LogP contribution is -2.10. The van der Waals surface area contributed by atoms with Crippen LogP contribution in [0.3, 0.4) is 0 Å². The van der Waals surface area contributed by atoms with Crippen molar-refractivity contribution in [1.82, 2.24) is 9.78 Å². The summed E-state index contributed by atoms with van der Waals surface area (Å²) in [6.45, 7) is 2.77. The highest BCUT2D eigenvalue weighted by molar-refractivity contribution is 9.10. The minimum atomic E-state index is 0.650. The van der Waals surface area contributed by atoms with Crippen LogP contribution in [-0.4, -0.2) is 23.0 Å². The smallest absolute Gasteiger partial charge is 0.0632 e. The summed E-state index contributed by atoms with van der Waals surface area (Å²) in [4.78, 5) is 0. The molecule has 0 unspecified atom stereocenters. The van der Waals surface area contributed by atoms with Crippen LogP contribution in [0.5, 0.6) is 0 Å². The monoisotopic (exact) mass is 230 g/mol. The summed E-state index contributed by atoms with van der Waals surface area (Å²) < 4.78 is 8.29. The highest BCUT2D eigenvalue weighted by Gasteiger charge is 2.16. The maximum Gasteiger partial charge on any atom is 0.0632 e. The van der Waals surface area contributed by atoms with Gasteiger partial charge in [0.05, 0.1) is 17.3 Å². The molecule has 0 aromatic carbocycles. The van der Waals surface area contributed by atoms with Crippen molar-refractivity contribution in [3.8, 4) is 0 Å². The molecule has 1 aliphatic rings. The molecule has 1 saturated heterocycles. The van der Waals surface area contributed by atoms with Crippen LogP contribution in [0, 0.1) is 5.92 Å². The second-order valence-electron chi connectivity index (χ2n) is 3.11. The minimum absolute atomic E-state index is 0.650. The third-order valence-electron chi connectivity index (χ3n) is 2.07. The lowest BCUT2D eigenvalue weighted by molar-refractivity contribution is 0.181. The third-order valence-corrected chi connectivity index (χ3v) is 2.48. The molecule has 1 atom stereocenters. The highest BCUT2D eigenvalue weighted by Crippen LogP contribution is 2.15. The van der Waals surface area contributed by atoms with Crippen LogP contribution in [0.1, 0.15) is 6.42 Å². The summed E-state index contributed by atoms with van der Waals surface area (Å²) >= 11 is 3.37. The average molecular weight is 231 g/mol. The van der Waals surface area contributed by atoms with Crippen LogP contribution in [0.15, 0.2) is 16.9 Å². The number of ether oxygens (including phenoxy) is 1. The van der Waals surface area contributed by atoms with Crippen molar-refractivity contribution in [2.24, 2.45) is 5.92 Å². The van der Waals surface area contributed by atoms with Gasteiger partial charge in [0, 0.05) is 25.3 Å². The number of nitrogens with zero attached hydrogens (tertiary/aromatic N) is 2. The number of hydrogen-bond acceptors (Lipinski definition) is 2. The van der Waals surface area contributed by atoms with Crippen LogP contribution < -0.4 is 0 Å². The molecular weight excluding hydrogens is 220 g/mol. The molecule has 4 heteroatoms. The molecule has 2 rings (SSSR count). The van der Waals surface area contributed by atoms with Gasteiger partial charge in [-0.25, -0.2) is 0 Å². The highest BCUT2D eigenvalue weighted by atomic mass is 79.9. The Morgan fingerprint density at radius 3 is 3.25 bits per heavy atom. The van der Waals surface area contributed by atoms with Gasteiger partial charge in [-0.1, -0.05) is 0 Å². The maximum atomic E-state index is 5.28. The predicted octanol–water partition coefficient (Wildman–Crippen LogP) is 1.68. The SMILES string of the molecule is Brc1cnn(C[C@H]2CCOC2)c1. The van der Waals surface area contributed by atoms with Crippen LogP contribution >= 0.6 is 15.9 Å². The third kappa shape index (κ3) is 1.87. The fourth-order valence-electron chi connectivity index (χ4n) is 1.43. The van der Waals surface area contributed by atoms with Gasteiger partial charge < -0.3 is 4.74 Å². The van der Waals surface area contributed by atoms with Gasteiger partial charge in [0.2, 0.25) is 0 Å². The van der Waals surface area contributed by atoms with Crippen LogP contribution in [0.2, 0.25) is 0 Å². The van der Waals surface area contributed by atoms with E-state index < -0.39 is 0 Å². The summed E-state index contributed by atoms with van der Waals surface area (Å²) in [6, 6.07) is 0. The zero-order chi connectivity index (χ0) is 8.39. The summed E-state index contributed by atoms with van der Waals surface area (Å²) in [7, 11) is 0. The largest absolute Gasteiger partial charge is 0.381 e. The molecule has 1 aromatic rings. The van der Waals surface area contributed by atoms with Gasteiger partial charge in [-0.15, -0.1) is 0 Å². The lowest BCUT2D eigenvalue weighted by atomic mass is 10.1. The van der Waals surface area contributed by atoms with E-state index in [4.69, 9.17) is 4.74 Å². The van der Waals surface area contributed by atoms with Gasteiger partial charge in [-0.2, -0.15) is 5.10 Å². The molecule has 0 amide bonds. The summed E-state index contributed by atoms with van der Waals surface area (Å²) in [5.74, 6) is 0.650. The first-order valence-electron chi connectivity index (χ1n) is 4.10. The Balaban J connectivity index is 1.94. The first-order valence-corrected chi connectivity index (χ1v) is 4.89. The van der Waals surface area contributed by atoms with E-state index in [1.807, 2.05) is 17.1 Å². The standard InChI is InChI=1S/C8H11BrN2O/c9-8-3-10-11(5-8)4-7-1-2-12-6-7/h3,5,7H,1-2,4,6H2/t7-/m1/s1. The van der Waals surface area contributed by atoms with E-state index in [0.29, 0.717) is 5.92 Å². The Labute approximate surface area is 79.8 Å². The average Bonchev–Trinajstić information content (AvgIpc) is 2.63. The molecule has 0 aliphatic carbocycles. The van der Waals surface area contributed by atoms with Crippen LogP contribution in [-0.2, 0) is 11.3 Å². The number of hydrogen-bond donors (Lipinski definition) is 0. The molecule has 2 heterocycles. The fourth-order valence-corrected chi connectivity index (χ4v) is 1.76. The van der Waals surface area contributed by atoms with Gasteiger partial charge in [0.15, 0.2) is 0 Å². The van der Waals surface area contributed by atoms with Crippen molar-refractivity contribution < 1.29 is 4.74 Å². The number of rotatable bonds is 2. The molecule has 1 fully saturated rings. The molecule has 66 valence electrons. The Bertz CT molecular complexity index is 255. The Morgan fingerprint density at radius 2 is 2.67 bits per heavy atom. The van der Waals surface area contributed by atoms with Gasteiger partial charge in [-0.05, 0) is 22.4 Å². The van der Waals surface area contributed by atoms with E-state index in [1.54, 1.807) is 0 Å². The number of aromatic nitrogens is 2. The Kier molecular flexibility index (Phi) is 2.46. The van der Waals surface area contributed by atoms with Crippen LogP contribution in [0.4, 0.5) is 0 Å². The molecule has 3 nitrogen and oxygen atoms in total. The molecule has 12 heavy (non-hydrogen) atoms. The quantitative estimate of drug-likeness (QED) is 0.774. The summed E-state index contributed by atoms with van der Waals surface area (Å²) in [6.07, 6.45) is 4.98. The zero-order valence-electron chi connectivity index (χ0n) is 6.74. The predicted molar refractivity (Wildman–Crippen MR) is 48.9 cm³/mol. The fraction of sp³-hybridized carbons (Fsp3) is 0.625. The van der Waals surface area contributed by atoms with E-state index in [1.165, 1.54) is 0 Å². The van der Waals surface area contributed by atoms with Crippen molar-refractivity contribution in [3.05, 3.63) is 16.9 Å². The molecule has 1 aliphatic heterocycles. The van der Waals surface area contributed by atoms with Crippen molar-refractivity contribution in [2.45, 2.75) is 13.0 Å². The van der Waals surface area contributed by atoms with E-state index in [-0.39, 0.29) is 0 Å². The second kappa shape index (κ2) is 3.58. The second-order valence-corrected chi connectivity index (χ2v) is 4.03. The molecule has 1 aromatic heterocycles. The molecule has 0 radical (unpaired) electrons. The van der Waals surface area contributed by atoms with Crippen molar-refractivity contribution in [3.63, 3.8) is 0 Å². The lowest BCUT2D eigenvalue weighted by Gasteiger charge is -2.06. The van der Waals surface area contributed by atoms with E-state index in [9.17, 15) is 0 Å². The van der Waals surface area contributed by atoms with Gasteiger partial charge >= 0.3 is 0 Å². The van der Waals surface area contributed by atoms with Gasteiger partial charge in [-0.3, -0.25) is 4.68 Å². The van der Waals surface area contributed by atoms with E-state index in [2.05, 4.69) is 21.0 Å². The normalized spacial score (nSPS) is 23.2. The zero-order valence-corrected chi connectivity index (χ0v) is 8.33. The molecule has 0 spiro atoms. The first kappa shape index (κ1) is 8.26. The van der Waals surface area contributed by atoms with Crippen LogP contribution in [0.25, 0.3) is 0 Å². The van der Waals surface area contributed by atoms with Crippen molar-refractivity contribution >= 4 is 15.9 Å². The number of halogens is 1. The van der Waals surface area contributed by atoms with Crippen molar-refractivity contribution in [2.75, 3.05) is 13.2 Å². The van der Waals surface area contributed by atoms with E-state index in [0.717, 1.165) is 30.7 Å². The molecular formula is C8H11BrN2O. The Morgan fingerprint density at radius 1 is 1.75 bits per heavy atom. The van der Waals surface area contributed by atoms with Gasteiger partial charge in [0.25, 0.3) is 0 Å². The Hall–Kier alpha value is -0.350. The molecule has 0 saturated carbocycles. The van der Waals surface area contributed by atoms with Gasteiger partial charge in [0.1, 0.15) is 0 Å². The topological polar surface area (TPSA) is 27.1 Å². The molecule has 0 N–H and O–H groups in total. The first-order chi connectivity index (χ1) is 5.84. The molecule has 0 bridgehead atoms. The van der Waals surface area contributed by atoms with Crippen molar-refractivity contribution in [1.29, 1.82) is 0 Å². The minimum Gasteiger partial charge on any atom is -0.381 e. The van der Waals surface area contributed by atoms with E-state index >= 15 is 0 Å². The summed E-state index contributed by atoms with van der Waals surface area (Å²) in [5.41, 5.74) is 0.